The molecule has 0 amide bonds. The van der Waals surface area contributed by atoms with Crippen molar-refractivity contribution < 1.29 is 18.3 Å². The SMILES string of the molecule is CC(C)(C)OC(=O)/C(=C/c1ccco1)NC1=C(/C(C=N)=C/C(=N)Cl)NC(c2cccc(N)c2F)=CN1. The molecule has 188 valence electrons. The third-order valence-electron chi connectivity index (χ3n) is 4.62. The number of esters is 1. The summed E-state index contributed by atoms with van der Waals surface area (Å²) in [4.78, 5) is 13.0. The lowest BCUT2D eigenvalue weighted by molar-refractivity contribution is -0.150. The Bertz CT molecular complexity index is 1300. The third kappa shape index (κ3) is 6.63. The van der Waals surface area contributed by atoms with E-state index in [1.54, 1.807) is 39.0 Å². The van der Waals surface area contributed by atoms with Crippen LogP contribution < -0.4 is 21.7 Å². The summed E-state index contributed by atoms with van der Waals surface area (Å²) < 4.78 is 25.6. The van der Waals surface area contributed by atoms with Crippen molar-refractivity contribution in [1.82, 2.24) is 16.0 Å². The van der Waals surface area contributed by atoms with E-state index in [1.807, 2.05) is 0 Å². The maximum absolute atomic E-state index is 14.7. The Kier molecular flexibility index (Phi) is 8.00. The van der Waals surface area contributed by atoms with Gasteiger partial charge in [-0.3, -0.25) is 5.41 Å². The van der Waals surface area contributed by atoms with Gasteiger partial charge < -0.3 is 36.2 Å². The molecule has 2 heterocycles. The highest BCUT2D eigenvalue weighted by molar-refractivity contribution is 6.67. The average Bonchev–Trinajstić information content (AvgIpc) is 3.31. The summed E-state index contributed by atoms with van der Waals surface area (Å²) in [5, 5.41) is 24.1. The van der Waals surface area contributed by atoms with Gasteiger partial charge in [0.05, 0.1) is 23.3 Å². The number of rotatable bonds is 8. The van der Waals surface area contributed by atoms with Crippen molar-refractivity contribution in [3.63, 3.8) is 0 Å². The first-order valence-corrected chi connectivity index (χ1v) is 11.1. The van der Waals surface area contributed by atoms with Crippen LogP contribution in [0.3, 0.4) is 0 Å². The number of nitrogen functional groups attached to an aromatic ring is 1. The van der Waals surface area contributed by atoms with Crippen molar-refractivity contribution >= 4 is 46.4 Å². The van der Waals surface area contributed by atoms with Crippen LogP contribution in [-0.2, 0) is 9.53 Å². The fraction of sp³-hybridized carbons (Fsp3) is 0.160. The van der Waals surface area contributed by atoms with E-state index in [4.69, 9.17) is 37.3 Å². The highest BCUT2D eigenvalue weighted by atomic mass is 35.5. The Hall–Kier alpha value is -4.31. The predicted molar refractivity (Wildman–Crippen MR) is 138 cm³/mol. The normalized spacial score (nSPS) is 14.4. The second kappa shape index (κ2) is 11.0. The molecule has 36 heavy (non-hydrogen) atoms. The molecule has 3 rings (SSSR count). The van der Waals surface area contributed by atoms with Crippen molar-refractivity contribution in [2.24, 2.45) is 0 Å². The standard InChI is InChI=1S/C25H26ClFN6O3/c1-25(2,3)36-24(34)18(11-15-6-5-9-35-15)33-23-22(14(12-28)10-20(26)30)32-19(13-31-23)16-7-4-8-17(29)21(16)27/h4-13,28,30-33H,29H2,1-3H3/b14-10+,18-11-,28-12?,30-20?. The smallest absolute Gasteiger partial charge is 0.355 e. The summed E-state index contributed by atoms with van der Waals surface area (Å²) in [7, 11) is 0. The number of nitrogens with two attached hydrogens (primary N) is 1. The maximum Gasteiger partial charge on any atom is 0.355 e. The van der Waals surface area contributed by atoms with Gasteiger partial charge in [0.1, 0.15) is 28.1 Å². The first kappa shape index (κ1) is 26.3. The summed E-state index contributed by atoms with van der Waals surface area (Å²) >= 11 is 5.76. The highest BCUT2D eigenvalue weighted by Crippen LogP contribution is 2.26. The predicted octanol–water partition coefficient (Wildman–Crippen LogP) is 4.43. The van der Waals surface area contributed by atoms with Crippen LogP contribution in [0.4, 0.5) is 10.1 Å². The molecule has 11 heteroatoms. The molecule has 1 aromatic heterocycles. The van der Waals surface area contributed by atoms with Gasteiger partial charge in [0.15, 0.2) is 5.82 Å². The van der Waals surface area contributed by atoms with Crippen LogP contribution in [0, 0.1) is 16.6 Å². The van der Waals surface area contributed by atoms with Crippen molar-refractivity contribution in [3.05, 3.63) is 88.8 Å². The van der Waals surface area contributed by atoms with Crippen molar-refractivity contribution in [2.45, 2.75) is 26.4 Å². The topological polar surface area (TPSA) is 149 Å². The van der Waals surface area contributed by atoms with Gasteiger partial charge in [-0.15, -0.1) is 0 Å². The fourth-order valence-electron chi connectivity index (χ4n) is 3.12. The minimum absolute atomic E-state index is 0.0129. The van der Waals surface area contributed by atoms with E-state index >= 15 is 0 Å². The largest absolute Gasteiger partial charge is 0.465 e. The van der Waals surface area contributed by atoms with Gasteiger partial charge >= 0.3 is 5.97 Å². The molecule has 0 fully saturated rings. The van der Waals surface area contributed by atoms with E-state index in [2.05, 4.69) is 16.0 Å². The molecule has 9 nitrogen and oxygen atoms in total. The van der Waals surface area contributed by atoms with Crippen LogP contribution in [0.15, 0.2) is 76.1 Å². The molecule has 0 saturated heterocycles. The number of nitrogens with one attached hydrogen (secondary N) is 5. The lowest BCUT2D eigenvalue weighted by atomic mass is 10.1. The lowest BCUT2D eigenvalue weighted by Crippen LogP contribution is -2.37. The van der Waals surface area contributed by atoms with Gasteiger partial charge in [0.2, 0.25) is 0 Å². The van der Waals surface area contributed by atoms with Gasteiger partial charge in [-0.1, -0.05) is 17.7 Å². The summed E-state index contributed by atoms with van der Waals surface area (Å²) in [5.41, 5.74) is 5.76. The van der Waals surface area contributed by atoms with Gasteiger partial charge in [-0.25, -0.2) is 9.18 Å². The molecule has 1 aromatic carbocycles. The molecule has 0 spiro atoms. The number of anilines is 1. The first-order valence-electron chi connectivity index (χ1n) is 10.7. The molecule has 0 aliphatic carbocycles. The monoisotopic (exact) mass is 512 g/mol. The molecule has 7 N–H and O–H groups in total. The van der Waals surface area contributed by atoms with E-state index in [0.29, 0.717) is 11.5 Å². The van der Waals surface area contributed by atoms with Gasteiger partial charge in [-0.05, 0) is 51.1 Å². The minimum Gasteiger partial charge on any atom is -0.465 e. The number of halogens is 2. The van der Waals surface area contributed by atoms with E-state index in [9.17, 15) is 9.18 Å². The van der Waals surface area contributed by atoms with Gasteiger partial charge in [0.25, 0.3) is 0 Å². The van der Waals surface area contributed by atoms with Crippen LogP contribution in [0.5, 0.6) is 0 Å². The van der Waals surface area contributed by atoms with E-state index in [0.717, 1.165) is 6.21 Å². The Morgan fingerprint density at radius 1 is 1.28 bits per heavy atom. The summed E-state index contributed by atoms with van der Waals surface area (Å²) in [6.45, 7) is 5.20. The summed E-state index contributed by atoms with van der Waals surface area (Å²) in [5.74, 6) is -0.710. The average molecular weight is 513 g/mol. The summed E-state index contributed by atoms with van der Waals surface area (Å²) in [6, 6.07) is 7.89. The number of carbonyl (C=O) groups is 1. The Balaban J connectivity index is 2.08. The number of allylic oxidation sites excluding steroid dienone is 2. The van der Waals surface area contributed by atoms with Crippen LogP contribution >= 0.6 is 11.6 Å². The van der Waals surface area contributed by atoms with Crippen molar-refractivity contribution in [1.29, 1.82) is 10.8 Å². The first-order chi connectivity index (χ1) is 17.0. The molecule has 2 aromatic rings. The zero-order valence-electron chi connectivity index (χ0n) is 19.8. The quantitative estimate of drug-likeness (QED) is 0.133. The van der Waals surface area contributed by atoms with Crippen LogP contribution in [-0.4, -0.2) is 23.0 Å². The fourth-order valence-corrected chi connectivity index (χ4v) is 3.24. The van der Waals surface area contributed by atoms with Crippen LogP contribution in [0.1, 0.15) is 32.1 Å². The second-order valence-electron chi connectivity index (χ2n) is 8.58. The molecular weight excluding hydrogens is 487 g/mol. The van der Waals surface area contributed by atoms with E-state index in [1.165, 1.54) is 36.7 Å². The number of carbonyl (C=O) groups excluding carboxylic acids is 1. The second-order valence-corrected chi connectivity index (χ2v) is 8.99. The van der Waals surface area contributed by atoms with Crippen molar-refractivity contribution in [2.75, 3.05) is 5.73 Å². The van der Waals surface area contributed by atoms with Gasteiger partial charge in [0, 0.05) is 29.6 Å². The molecule has 0 atom stereocenters. The molecule has 0 bridgehead atoms. The number of furan rings is 1. The van der Waals surface area contributed by atoms with Crippen molar-refractivity contribution in [3.8, 4) is 0 Å². The molecule has 1 aliphatic rings. The van der Waals surface area contributed by atoms with E-state index in [-0.39, 0.29) is 39.2 Å². The zero-order valence-corrected chi connectivity index (χ0v) is 20.6. The molecule has 0 unspecified atom stereocenters. The Morgan fingerprint density at radius 3 is 2.64 bits per heavy atom. The van der Waals surface area contributed by atoms with Crippen LogP contribution in [0.25, 0.3) is 11.8 Å². The molecule has 0 saturated carbocycles. The Morgan fingerprint density at radius 2 is 2.03 bits per heavy atom. The summed E-state index contributed by atoms with van der Waals surface area (Å²) in [6.07, 6.45) is 6.57. The number of ether oxygens (including phenoxy) is 1. The maximum atomic E-state index is 14.7. The molecular formula is C25H26ClFN6O3. The molecule has 0 radical (unpaired) electrons. The number of hydrogen-bond acceptors (Lipinski definition) is 9. The zero-order chi connectivity index (χ0) is 26.5. The van der Waals surface area contributed by atoms with E-state index < -0.39 is 17.4 Å². The van der Waals surface area contributed by atoms with Gasteiger partial charge in [-0.2, -0.15) is 0 Å². The molecule has 1 aliphatic heterocycles. The third-order valence-corrected chi connectivity index (χ3v) is 4.73. The minimum atomic E-state index is -0.776. The highest BCUT2D eigenvalue weighted by Gasteiger charge is 2.25. The number of hydrogen-bond donors (Lipinski definition) is 6. The Labute approximate surface area is 212 Å². The number of benzene rings is 1. The van der Waals surface area contributed by atoms with Crippen LogP contribution in [0.2, 0.25) is 0 Å². The lowest BCUT2D eigenvalue weighted by Gasteiger charge is -2.27.